The second-order valence-corrected chi connectivity index (χ2v) is 5.45. The topological polar surface area (TPSA) is 63.4 Å². The van der Waals surface area contributed by atoms with Crippen molar-refractivity contribution >= 4 is 17.7 Å². The van der Waals surface area contributed by atoms with Gasteiger partial charge in [-0.1, -0.05) is 13.8 Å². The van der Waals surface area contributed by atoms with Crippen molar-refractivity contribution in [3.63, 3.8) is 0 Å². The van der Waals surface area contributed by atoms with Crippen LogP contribution in [0.3, 0.4) is 0 Å². The van der Waals surface area contributed by atoms with E-state index in [1.54, 1.807) is 12.1 Å². The molecule has 0 unspecified atom stereocenters. The number of carbonyl (C=O) groups is 1. The van der Waals surface area contributed by atoms with Crippen LogP contribution >= 0.6 is 0 Å². The Morgan fingerprint density at radius 1 is 1.44 bits per heavy atom. The Hall–Kier alpha value is -1.91. The van der Waals surface area contributed by atoms with Crippen molar-refractivity contribution in [2.24, 2.45) is 5.41 Å². The Bertz CT molecular complexity index is 497. The fourth-order valence-corrected chi connectivity index (χ4v) is 2.33. The quantitative estimate of drug-likeness (QED) is 0.468. The molecule has 0 radical (unpaired) electrons. The molecule has 1 aliphatic heterocycles. The first-order valence-electron chi connectivity index (χ1n) is 5.91. The van der Waals surface area contributed by atoms with Gasteiger partial charge in [-0.2, -0.15) is 0 Å². The predicted octanol–water partition coefficient (Wildman–Crippen LogP) is 2.64. The number of hydrogen-bond donors (Lipinski definition) is 0. The molecule has 0 atom stereocenters. The molecule has 1 fully saturated rings. The van der Waals surface area contributed by atoms with Crippen molar-refractivity contribution in [2.45, 2.75) is 20.3 Å². The van der Waals surface area contributed by atoms with E-state index in [0.29, 0.717) is 6.29 Å². The van der Waals surface area contributed by atoms with Crippen molar-refractivity contribution in [3.8, 4) is 0 Å². The second-order valence-electron chi connectivity index (χ2n) is 5.45. The summed E-state index contributed by atoms with van der Waals surface area (Å²) in [5, 5.41) is 10.7. The smallest absolute Gasteiger partial charge is 0.280 e. The summed E-state index contributed by atoms with van der Waals surface area (Å²) in [6.45, 7) is 6.21. The van der Waals surface area contributed by atoms with Gasteiger partial charge < -0.3 is 4.90 Å². The van der Waals surface area contributed by atoms with Crippen molar-refractivity contribution in [3.05, 3.63) is 33.9 Å². The fourth-order valence-electron chi connectivity index (χ4n) is 2.33. The van der Waals surface area contributed by atoms with Crippen LogP contribution in [0.25, 0.3) is 0 Å². The summed E-state index contributed by atoms with van der Waals surface area (Å²) in [5.74, 6) is 0. The molecule has 2 rings (SSSR count). The molecule has 5 heteroatoms. The zero-order valence-electron chi connectivity index (χ0n) is 10.5. The van der Waals surface area contributed by atoms with Gasteiger partial charge in [0.2, 0.25) is 0 Å². The summed E-state index contributed by atoms with van der Waals surface area (Å²) in [7, 11) is 0. The second kappa shape index (κ2) is 4.40. The fraction of sp³-hybridized carbons (Fsp3) is 0.462. The molecular formula is C13H16N2O3. The van der Waals surface area contributed by atoms with Crippen molar-refractivity contribution < 1.29 is 9.72 Å². The van der Waals surface area contributed by atoms with Gasteiger partial charge in [-0.15, -0.1) is 0 Å². The molecular weight excluding hydrogens is 232 g/mol. The minimum atomic E-state index is -0.526. The van der Waals surface area contributed by atoms with Gasteiger partial charge in [0.05, 0.1) is 10.5 Å². The van der Waals surface area contributed by atoms with Gasteiger partial charge in [0.1, 0.15) is 0 Å². The van der Waals surface area contributed by atoms with Crippen molar-refractivity contribution in [2.75, 3.05) is 18.0 Å². The maximum Gasteiger partial charge on any atom is 0.280 e. The van der Waals surface area contributed by atoms with Crippen LogP contribution in [0.5, 0.6) is 0 Å². The van der Waals surface area contributed by atoms with Gasteiger partial charge >= 0.3 is 0 Å². The van der Waals surface area contributed by atoms with E-state index >= 15 is 0 Å². The highest BCUT2D eigenvalue weighted by Gasteiger charge is 2.29. The number of nitro groups is 1. The van der Waals surface area contributed by atoms with Crippen LogP contribution in [0.2, 0.25) is 0 Å². The third-order valence-electron chi connectivity index (χ3n) is 3.38. The largest absolute Gasteiger partial charge is 0.371 e. The first-order chi connectivity index (χ1) is 8.43. The number of carbonyl (C=O) groups excluding carboxylic acids is 1. The zero-order valence-corrected chi connectivity index (χ0v) is 10.5. The van der Waals surface area contributed by atoms with E-state index in [2.05, 4.69) is 18.7 Å². The summed E-state index contributed by atoms with van der Waals surface area (Å²) in [5.41, 5.74) is 1.14. The third kappa shape index (κ3) is 2.34. The lowest BCUT2D eigenvalue weighted by molar-refractivity contribution is -0.385. The normalized spacial score (nSPS) is 17.8. The molecule has 0 spiro atoms. The molecule has 96 valence electrons. The van der Waals surface area contributed by atoms with E-state index in [1.807, 2.05) is 0 Å². The standard InChI is InChI=1S/C13H16N2O3/c1-13(2)5-6-14(9-13)11-3-4-12(15(17)18)10(7-11)8-16/h3-4,7-8H,5-6,9H2,1-2H3. The lowest BCUT2D eigenvalue weighted by Gasteiger charge is -2.21. The average molecular weight is 248 g/mol. The minimum absolute atomic E-state index is 0.132. The SMILES string of the molecule is CC1(C)CCN(c2ccc([N+](=O)[O-])c(C=O)c2)C1. The van der Waals surface area contributed by atoms with E-state index < -0.39 is 4.92 Å². The van der Waals surface area contributed by atoms with Crippen LogP contribution in [-0.2, 0) is 0 Å². The summed E-state index contributed by atoms with van der Waals surface area (Å²) < 4.78 is 0. The van der Waals surface area contributed by atoms with E-state index in [-0.39, 0.29) is 16.7 Å². The highest BCUT2D eigenvalue weighted by atomic mass is 16.6. The molecule has 1 saturated heterocycles. The Balaban J connectivity index is 2.31. The molecule has 0 aromatic heterocycles. The van der Waals surface area contributed by atoms with Gasteiger partial charge in [0.25, 0.3) is 5.69 Å². The van der Waals surface area contributed by atoms with E-state index in [0.717, 1.165) is 25.2 Å². The molecule has 1 aromatic carbocycles. The Labute approximate surface area is 106 Å². The van der Waals surface area contributed by atoms with Gasteiger partial charge in [0, 0.05) is 24.8 Å². The van der Waals surface area contributed by atoms with Crippen LogP contribution in [0.15, 0.2) is 18.2 Å². The average Bonchev–Trinajstić information content (AvgIpc) is 2.68. The maximum absolute atomic E-state index is 10.9. The number of hydrogen-bond acceptors (Lipinski definition) is 4. The summed E-state index contributed by atoms with van der Waals surface area (Å²) in [6, 6.07) is 4.73. The minimum Gasteiger partial charge on any atom is -0.371 e. The van der Waals surface area contributed by atoms with Gasteiger partial charge in [0.15, 0.2) is 6.29 Å². The summed E-state index contributed by atoms with van der Waals surface area (Å²) in [6.07, 6.45) is 1.63. The Morgan fingerprint density at radius 3 is 2.67 bits per heavy atom. The number of nitro benzene ring substituents is 1. The van der Waals surface area contributed by atoms with Gasteiger partial charge in [-0.25, -0.2) is 0 Å². The molecule has 1 aliphatic rings. The molecule has 0 N–H and O–H groups in total. The lowest BCUT2D eigenvalue weighted by atomic mass is 9.93. The van der Waals surface area contributed by atoms with E-state index in [4.69, 9.17) is 0 Å². The first kappa shape index (κ1) is 12.5. The zero-order chi connectivity index (χ0) is 13.3. The van der Waals surface area contributed by atoms with Crippen LogP contribution in [0, 0.1) is 15.5 Å². The lowest BCUT2D eigenvalue weighted by Crippen LogP contribution is -2.22. The van der Waals surface area contributed by atoms with Crippen LogP contribution < -0.4 is 4.90 Å². The van der Waals surface area contributed by atoms with Crippen LogP contribution in [0.1, 0.15) is 30.6 Å². The van der Waals surface area contributed by atoms with E-state index in [1.165, 1.54) is 6.07 Å². The number of anilines is 1. The Morgan fingerprint density at radius 2 is 2.17 bits per heavy atom. The van der Waals surface area contributed by atoms with Crippen molar-refractivity contribution in [1.29, 1.82) is 0 Å². The number of aldehydes is 1. The number of benzene rings is 1. The summed E-state index contributed by atoms with van der Waals surface area (Å²) in [4.78, 5) is 23.3. The number of rotatable bonds is 3. The third-order valence-corrected chi connectivity index (χ3v) is 3.38. The van der Waals surface area contributed by atoms with E-state index in [9.17, 15) is 14.9 Å². The first-order valence-corrected chi connectivity index (χ1v) is 5.91. The highest BCUT2D eigenvalue weighted by molar-refractivity contribution is 5.83. The van der Waals surface area contributed by atoms with Gasteiger partial charge in [-0.3, -0.25) is 14.9 Å². The predicted molar refractivity (Wildman–Crippen MR) is 69.1 cm³/mol. The molecule has 1 heterocycles. The van der Waals surface area contributed by atoms with Crippen LogP contribution in [0.4, 0.5) is 11.4 Å². The molecule has 1 aromatic rings. The van der Waals surface area contributed by atoms with Crippen LogP contribution in [-0.4, -0.2) is 24.3 Å². The molecule has 0 bridgehead atoms. The van der Waals surface area contributed by atoms with Crippen molar-refractivity contribution in [1.82, 2.24) is 0 Å². The van der Waals surface area contributed by atoms with Gasteiger partial charge in [-0.05, 0) is 24.0 Å². The molecule has 0 saturated carbocycles. The summed E-state index contributed by atoms with van der Waals surface area (Å²) >= 11 is 0. The molecule has 5 nitrogen and oxygen atoms in total. The highest BCUT2D eigenvalue weighted by Crippen LogP contribution is 2.33. The number of nitrogens with zero attached hydrogens (tertiary/aromatic N) is 2. The molecule has 0 amide bonds. The Kier molecular flexibility index (Phi) is 3.07. The molecule has 18 heavy (non-hydrogen) atoms. The maximum atomic E-state index is 10.9. The monoisotopic (exact) mass is 248 g/mol. The molecule has 0 aliphatic carbocycles.